The monoisotopic (exact) mass is 409 g/mol. The lowest BCUT2D eigenvalue weighted by molar-refractivity contribution is -0.144. The molecular formula is C25H35N3O2. The Kier molecular flexibility index (Phi) is 7.35. The van der Waals surface area contributed by atoms with E-state index in [1.807, 2.05) is 73.3 Å². The Morgan fingerprint density at radius 1 is 1.07 bits per heavy atom. The third-order valence-electron chi connectivity index (χ3n) is 6.31. The molecule has 1 fully saturated rings. The predicted molar refractivity (Wildman–Crippen MR) is 120 cm³/mol. The van der Waals surface area contributed by atoms with Gasteiger partial charge in [-0.15, -0.1) is 0 Å². The zero-order valence-corrected chi connectivity index (χ0v) is 18.8. The van der Waals surface area contributed by atoms with Gasteiger partial charge in [-0.1, -0.05) is 44.2 Å². The van der Waals surface area contributed by atoms with Gasteiger partial charge in [-0.2, -0.15) is 0 Å². The van der Waals surface area contributed by atoms with Crippen LogP contribution < -0.4 is 0 Å². The lowest BCUT2D eigenvalue weighted by atomic mass is 9.94. The van der Waals surface area contributed by atoms with Gasteiger partial charge in [0.1, 0.15) is 6.54 Å². The van der Waals surface area contributed by atoms with Gasteiger partial charge in [-0.25, -0.2) is 0 Å². The molecule has 0 aliphatic heterocycles. The fraction of sp³-hybridized carbons (Fsp3) is 0.520. The number of nitrogens with zero attached hydrogens (tertiary/aromatic N) is 3. The van der Waals surface area contributed by atoms with Gasteiger partial charge in [-0.05, 0) is 50.3 Å². The SMILES string of the molecule is CC[C@@H](C(=O)N(CC(=O)N(Cc1cccn1C)C1CC1)[C@@H](C)CC)c1ccccc1. The molecule has 2 amide bonds. The molecule has 3 rings (SSSR count). The third kappa shape index (κ3) is 5.13. The number of aryl methyl sites for hydroxylation is 1. The minimum absolute atomic E-state index is 0.0234. The van der Waals surface area contributed by atoms with Gasteiger partial charge in [0.05, 0.1) is 12.5 Å². The molecule has 1 saturated carbocycles. The molecule has 1 aliphatic rings. The summed E-state index contributed by atoms with van der Waals surface area (Å²) in [5.41, 5.74) is 2.14. The van der Waals surface area contributed by atoms with Gasteiger partial charge in [0.2, 0.25) is 11.8 Å². The van der Waals surface area contributed by atoms with Crippen LogP contribution in [0.1, 0.15) is 63.6 Å². The Morgan fingerprint density at radius 2 is 1.77 bits per heavy atom. The molecule has 0 N–H and O–H groups in total. The highest BCUT2D eigenvalue weighted by Crippen LogP contribution is 2.29. The van der Waals surface area contributed by atoms with Gasteiger partial charge < -0.3 is 14.4 Å². The molecule has 5 heteroatoms. The standard InChI is InChI=1S/C25H35N3O2/c1-5-19(3)27(25(30)23(6-2)20-11-8-7-9-12-20)18-24(29)28(21-14-15-21)17-22-13-10-16-26(22)4/h7-13,16,19,21,23H,5-6,14-15,17-18H2,1-4H3/t19-,23+/m0/s1. The van der Waals surface area contributed by atoms with E-state index in [0.717, 1.165) is 36.9 Å². The zero-order chi connectivity index (χ0) is 21.7. The normalized spacial score (nSPS) is 15.5. The van der Waals surface area contributed by atoms with Crippen LogP contribution in [0.3, 0.4) is 0 Å². The van der Waals surface area contributed by atoms with Crippen molar-refractivity contribution in [3.05, 3.63) is 59.9 Å². The van der Waals surface area contributed by atoms with Gasteiger partial charge >= 0.3 is 0 Å². The molecule has 0 bridgehead atoms. The maximum Gasteiger partial charge on any atom is 0.242 e. The van der Waals surface area contributed by atoms with Crippen LogP contribution in [0.15, 0.2) is 48.7 Å². The average molecular weight is 410 g/mol. The fourth-order valence-electron chi connectivity index (χ4n) is 3.99. The summed E-state index contributed by atoms with van der Waals surface area (Å²) < 4.78 is 2.06. The molecule has 2 atom stereocenters. The van der Waals surface area contributed by atoms with E-state index in [9.17, 15) is 9.59 Å². The molecule has 1 aromatic carbocycles. The topological polar surface area (TPSA) is 45.6 Å². The first-order valence-electron chi connectivity index (χ1n) is 11.2. The first-order valence-corrected chi connectivity index (χ1v) is 11.2. The molecule has 30 heavy (non-hydrogen) atoms. The lowest BCUT2D eigenvalue weighted by Crippen LogP contribution is -2.48. The number of rotatable bonds is 10. The van der Waals surface area contributed by atoms with E-state index < -0.39 is 0 Å². The molecule has 162 valence electrons. The van der Waals surface area contributed by atoms with Crippen LogP contribution in [-0.4, -0.2) is 44.8 Å². The van der Waals surface area contributed by atoms with Crippen LogP contribution in [0.4, 0.5) is 0 Å². The largest absolute Gasteiger partial charge is 0.353 e. The van der Waals surface area contributed by atoms with Crippen molar-refractivity contribution in [2.45, 2.75) is 71.0 Å². The van der Waals surface area contributed by atoms with E-state index >= 15 is 0 Å². The second-order valence-electron chi connectivity index (χ2n) is 8.46. The second-order valence-corrected chi connectivity index (χ2v) is 8.46. The first kappa shape index (κ1) is 22.1. The highest BCUT2D eigenvalue weighted by atomic mass is 16.2. The molecule has 0 unspecified atom stereocenters. The fourth-order valence-corrected chi connectivity index (χ4v) is 3.99. The van der Waals surface area contributed by atoms with Gasteiger partial charge in [0.25, 0.3) is 0 Å². The Hall–Kier alpha value is -2.56. The molecule has 5 nitrogen and oxygen atoms in total. The van der Waals surface area contributed by atoms with E-state index in [0.29, 0.717) is 12.6 Å². The van der Waals surface area contributed by atoms with Crippen molar-refractivity contribution in [1.29, 1.82) is 0 Å². The highest BCUT2D eigenvalue weighted by molar-refractivity contribution is 5.89. The van der Waals surface area contributed by atoms with Crippen molar-refractivity contribution in [2.24, 2.45) is 7.05 Å². The quantitative estimate of drug-likeness (QED) is 0.586. The molecule has 1 heterocycles. The summed E-state index contributed by atoms with van der Waals surface area (Å²) in [4.78, 5) is 30.7. The maximum atomic E-state index is 13.5. The van der Waals surface area contributed by atoms with Crippen LogP contribution >= 0.6 is 0 Å². The van der Waals surface area contributed by atoms with Gasteiger partial charge in [-0.3, -0.25) is 9.59 Å². The van der Waals surface area contributed by atoms with Crippen LogP contribution in [0.5, 0.6) is 0 Å². The predicted octanol–water partition coefficient (Wildman–Crippen LogP) is 4.34. The molecule has 0 saturated heterocycles. The minimum Gasteiger partial charge on any atom is -0.353 e. The van der Waals surface area contributed by atoms with E-state index in [-0.39, 0.29) is 30.3 Å². The number of benzene rings is 1. The number of amides is 2. The van der Waals surface area contributed by atoms with Crippen molar-refractivity contribution in [3.8, 4) is 0 Å². The van der Waals surface area contributed by atoms with E-state index in [1.54, 1.807) is 0 Å². The highest BCUT2D eigenvalue weighted by Gasteiger charge is 2.36. The Morgan fingerprint density at radius 3 is 2.30 bits per heavy atom. The summed E-state index contributed by atoms with van der Waals surface area (Å²) >= 11 is 0. The van der Waals surface area contributed by atoms with E-state index in [1.165, 1.54) is 0 Å². The summed E-state index contributed by atoms with van der Waals surface area (Å²) in [6.45, 7) is 6.91. The minimum atomic E-state index is -0.213. The average Bonchev–Trinajstić information content (AvgIpc) is 3.52. The molecule has 0 radical (unpaired) electrons. The molecule has 1 aliphatic carbocycles. The van der Waals surface area contributed by atoms with Crippen molar-refractivity contribution >= 4 is 11.8 Å². The van der Waals surface area contributed by atoms with Crippen molar-refractivity contribution in [2.75, 3.05) is 6.54 Å². The van der Waals surface area contributed by atoms with E-state index in [4.69, 9.17) is 0 Å². The number of aromatic nitrogens is 1. The summed E-state index contributed by atoms with van der Waals surface area (Å²) in [6, 6.07) is 14.3. The Balaban J connectivity index is 1.78. The van der Waals surface area contributed by atoms with Crippen LogP contribution in [0.25, 0.3) is 0 Å². The van der Waals surface area contributed by atoms with Crippen LogP contribution in [0, 0.1) is 0 Å². The van der Waals surface area contributed by atoms with Crippen LogP contribution in [0.2, 0.25) is 0 Å². The van der Waals surface area contributed by atoms with E-state index in [2.05, 4.69) is 17.6 Å². The summed E-state index contributed by atoms with van der Waals surface area (Å²) in [5.74, 6) is -0.105. The smallest absolute Gasteiger partial charge is 0.242 e. The number of hydrogen-bond acceptors (Lipinski definition) is 2. The molecule has 1 aromatic heterocycles. The van der Waals surface area contributed by atoms with Crippen molar-refractivity contribution in [1.82, 2.24) is 14.4 Å². The molecule has 0 spiro atoms. The first-order chi connectivity index (χ1) is 14.5. The third-order valence-corrected chi connectivity index (χ3v) is 6.31. The second kappa shape index (κ2) is 9.96. The Labute approximate surface area is 180 Å². The zero-order valence-electron chi connectivity index (χ0n) is 18.8. The molecular weight excluding hydrogens is 374 g/mol. The summed E-state index contributed by atoms with van der Waals surface area (Å²) in [6.07, 6.45) is 5.65. The lowest BCUT2D eigenvalue weighted by Gasteiger charge is -2.34. The number of hydrogen-bond donors (Lipinski definition) is 0. The van der Waals surface area contributed by atoms with Crippen molar-refractivity contribution in [3.63, 3.8) is 0 Å². The van der Waals surface area contributed by atoms with Crippen LogP contribution in [-0.2, 0) is 23.2 Å². The summed E-state index contributed by atoms with van der Waals surface area (Å²) in [5, 5.41) is 0. The Bertz CT molecular complexity index is 841. The number of carbonyl (C=O) groups excluding carboxylic acids is 2. The van der Waals surface area contributed by atoms with Crippen molar-refractivity contribution < 1.29 is 9.59 Å². The van der Waals surface area contributed by atoms with Gasteiger partial charge in [0.15, 0.2) is 0 Å². The van der Waals surface area contributed by atoms with Gasteiger partial charge in [0, 0.05) is 31.0 Å². The number of carbonyl (C=O) groups is 2. The maximum absolute atomic E-state index is 13.5. The summed E-state index contributed by atoms with van der Waals surface area (Å²) in [7, 11) is 2.01. The molecule has 2 aromatic rings.